The zero-order chi connectivity index (χ0) is 15.6. The third-order valence-electron chi connectivity index (χ3n) is 3.00. The molecule has 1 aliphatic heterocycles. The van der Waals surface area contributed by atoms with E-state index in [0.717, 1.165) is 11.2 Å². The second kappa shape index (κ2) is 5.74. The molecule has 0 fully saturated rings. The van der Waals surface area contributed by atoms with Gasteiger partial charge >= 0.3 is 6.18 Å². The lowest BCUT2D eigenvalue weighted by molar-refractivity contribution is -0.153. The van der Waals surface area contributed by atoms with E-state index in [1.807, 2.05) is 0 Å². The maximum absolute atomic E-state index is 12.9. The number of benzene rings is 1. The second-order valence-corrected chi connectivity index (χ2v) is 4.57. The predicted molar refractivity (Wildman–Crippen MR) is 69.8 cm³/mol. The highest BCUT2D eigenvalue weighted by atomic mass is 19.4. The van der Waals surface area contributed by atoms with Crippen LogP contribution in [0.3, 0.4) is 0 Å². The number of aliphatic hydroxyl groups excluding tert-OH is 1. The number of alkyl halides is 3. The molecule has 5 nitrogen and oxygen atoms in total. The molecule has 1 aliphatic rings. The molecule has 0 aromatic heterocycles. The minimum Gasteiger partial charge on any atom is -0.392 e. The van der Waals surface area contributed by atoms with Crippen LogP contribution in [-0.2, 0) is 11.4 Å². The zero-order valence-electron chi connectivity index (χ0n) is 11.1. The van der Waals surface area contributed by atoms with Crippen LogP contribution in [0, 0.1) is 0 Å². The molecule has 1 heterocycles. The molecule has 1 atom stereocenters. The van der Waals surface area contributed by atoms with Crippen LogP contribution in [0.25, 0.3) is 0 Å². The monoisotopic (exact) mass is 301 g/mol. The summed E-state index contributed by atoms with van der Waals surface area (Å²) in [7, 11) is 1.38. The van der Waals surface area contributed by atoms with Crippen molar-refractivity contribution in [1.82, 2.24) is 10.4 Å². The van der Waals surface area contributed by atoms with Crippen LogP contribution in [0.4, 0.5) is 18.9 Å². The van der Waals surface area contributed by atoms with Crippen molar-refractivity contribution >= 4 is 11.6 Å². The molecular weight excluding hydrogens is 287 g/mol. The Morgan fingerprint density at radius 1 is 1.43 bits per heavy atom. The lowest BCUT2D eigenvalue weighted by Gasteiger charge is -2.20. The Morgan fingerprint density at radius 2 is 2.10 bits per heavy atom. The van der Waals surface area contributed by atoms with E-state index in [1.54, 1.807) is 18.2 Å². The molecular formula is C13H14F3N3O2. The molecule has 21 heavy (non-hydrogen) atoms. The van der Waals surface area contributed by atoms with Crippen LogP contribution in [0.15, 0.2) is 36.0 Å². The number of amides is 1. The van der Waals surface area contributed by atoms with Crippen molar-refractivity contribution in [1.29, 1.82) is 0 Å². The average Bonchev–Trinajstić information content (AvgIpc) is 2.81. The van der Waals surface area contributed by atoms with E-state index in [2.05, 4.69) is 10.7 Å². The Kier molecular flexibility index (Phi) is 4.19. The van der Waals surface area contributed by atoms with Gasteiger partial charge in [-0.1, -0.05) is 18.2 Å². The summed E-state index contributed by atoms with van der Waals surface area (Å²) in [5.74, 6) is -0.866. The first-order chi connectivity index (χ1) is 9.82. The van der Waals surface area contributed by atoms with Gasteiger partial charge < -0.3 is 15.4 Å². The van der Waals surface area contributed by atoms with Gasteiger partial charge in [-0.25, -0.2) is 5.43 Å². The number of rotatable bonds is 3. The van der Waals surface area contributed by atoms with Crippen molar-refractivity contribution in [3.05, 3.63) is 41.6 Å². The average molecular weight is 301 g/mol. The van der Waals surface area contributed by atoms with Crippen LogP contribution in [0.2, 0.25) is 0 Å². The highest BCUT2D eigenvalue weighted by Gasteiger charge is 2.47. The molecule has 0 radical (unpaired) electrons. The molecule has 0 saturated heterocycles. The van der Waals surface area contributed by atoms with E-state index in [1.165, 1.54) is 13.1 Å². The number of hydrazine groups is 1. The van der Waals surface area contributed by atoms with E-state index >= 15 is 0 Å². The second-order valence-electron chi connectivity index (χ2n) is 4.57. The van der Waals surface area contributed by atoms with Gasteiger partial charge in [0.1, 0.15) is 0 Å². The number of hydrogen-bond donors (Lipinski definition) is 3. The largest absolute Gasteiger partial charge is 0.409 e. The van der Waals surface area contributed by atoms with Gasteiger partial charge in [-0.05, 0) is 6.07 Å². The normalized spacial score (nSPS) is 18.6. The first-order valence-electron chi connectivity index (χ1n) is 6.10. The van der Waals surface area contributed by atoms with Crippen LogP contribution < -0.4 is 10.7 Å². The summed E-state index contributed by atoms with van der Waals surface area (Å²) < 4.78 is 38.6. The number of hydrogen-bond acceptors (Lipinski definition) is 4. The summed E-state index contributed by atoms with van der Waals surface area (Å²) in [5, 5.41) is 12.6. The molecule has 1 amide bonds. The third-order valence-corrected chi connectivity index (χ3v) is 3.00. The highest BCUT2D eigenvalue weighted by molar-refractivity contribution is 6.05. The molecule has 2 rings (SSSR count). The van der Waals surface area contributed by atoms with E-state index in [0.29, 0.717) is 5.56 Å². The molecule has 0 bridgehead atoms. The van der Waals surface area contributed by atoms with Crippen molar-refractivity contribution in [2.45, 2.75) is 18.8 Å². The topological polar surface area (TPSA) is 64.6 Å². The Balaban J connectivity index is 2.21. The summed E-state index contributed by atoms with van der Waals surface area (Å²) in [6.45, 7) is -0.323. The third kappa shape index (κ3) is 3.34. The summed E-state index contributed by atoms with van der Waals surface area (Å²) in [4.78, 5) is 12.1. The summed E-state index contributed by atoms with van der Waals surface area (Å²) in [6.07, 6.45) is -3.49. The maximum Gasteiger partial charge on any atom is 0.409 e. The maximum atomic E-state index is 12.9. The highest BCUT2D eigenvalue weighted by Crippen LogP contribution is 2.29. The molecule has 0 aliphatic carbocycles. The fourth-order valence-electron chi connectivity index (χ4n) is 2.01. The Labute approximate surface area is 119 Å². The minimum atomic E-state index is -4.58. The Bertz CT molecular complexity index is 572. The number of nitrogens with zero attached hydrogens (tertiary/aromatic N) is 1. The Morgan fingerprint density at radius 3 is 2.71 bits per heavy atom. The minimum absolute atomic E-state index is 0.279. The van der Waals surface area contributed by atoms with E-state index in [9.17, 15) is 18.0 Å². The van der Waals surface area contributed by atoms with Crippen LogP contribution >= 0.6 is 0 Å². The van der Waals surface area contributed by atoms with Gasteiger partial charge in [0.15, 0.2) is 6.04 Å². The fraction of sp³-hybridized carbons (Fsp3) is 0.308. The summed E-state index contributed by atoms with van der Waals surface area (Å²) in [5.41, 5.74) is 2.42. The Hall–Kier alpha value is -2.06. The standard InChI is InChI=1S/C13H14F3N3O2/c1-19-6-9(11(18-19)13(14,15)16)12(21)17-10-5-3-2-4-8(10)7-20/h2-6,11,18,20H,7H2,1H3,(H,17,21). The lowest BCUT2D eigenvalue weighted by atomic mass is 10.1. The predicted octanol–water partition coefficient (Wildman–Crippen LogP) is 1.38. The first-order valence-corrected chi connectivity index (χ1v) is 6.10. The number of nitrogens with one attached hydrogen (secondary N) is 2. The molecule has 0 spiro atoms. The van der Waals surface area contributed by atoms with Gasteiger partial charge in [0, 0.05) is 24.5 Å². The smallest absolute Gasteiger partial charge is 0.392 e. The van der Waals surface area contributed by atoms with Gasteiger partial charge in [0.2, 0.25) is 0 Å². The van der Waals surface area contributed by atoms with Crippen molar-refractivity contribution in [2.24, 2.45) is 0 Å². The van der Waals surface area contributed by atoms with Crippen molar-refractivity contribution in [2.75, 3.05) is 12.4 Å². The van der Waals surface area contributed by atoms with Crippen LogP contribution in [0.5, 0.6) is 0 Å². The van der Waals surface area contributed by atoms with Gasteiger partial charge in [0.05, 0.1) is 12.2 Å². The summed E-state index contributed by atoms with van der Waals surface area (Å²) in [6, 6.07) is 4.31. The van der Waals surface area contributed by atoms with Crippen molar-refractivity contribution in [3.8, 4) is 0 Å². The number of carbonyl (C=O) groups is 1. The van der Waals surface area contributed by atoms with E-state index in [-0.39, 0.29) is 12.3 Å². The fourth-order valence-corrected chi connectivity index (χ4v) is 2.01. The number of carbonyl (C=O) groups excluding carboxylic acids is 1. The van der Waals surface area contributed by atoms with Crippen LogP contribution in [0.1, 0.15) is 5.56 Å². The number of aliphatic hydroxyl groups is 1. The van der Waals surface area contributed by atoms with Gasteiger partial charge in [-0.3, -0.25) is 4.79 Å². The summed E-state index contributed by atoms with van der Waals surface area (Å²) >= 11 is 0. The molecule has 1 unspecified atom stereocenters. The molecule has 114 valence electrons. The molecule has 3 N–H and O–H groups in total. The van der Waals surface area contributed by atoms with Gasteiger partial charge in [-0.2, -0.15) is 13.2 Å². The lowest BCUT2D eigenvalue weighted by Crippen LogP contribution is -2.45. The van der Waals surface area contributed by atoms with Gasteiger partial charge in [0.25, 0.3) is 5.91 Å². The zero-order valence-corrected chi connectivity index (χ0v) is 11.1. The number of para-hydroxylation sites is 1. The van der Waals surface area contributed by atoms with E-state index in [4.69, 9.17) is 5.11 Å². The quantitative estimate of drug-likeness (QED) is 0.789. The van der Waals surface area contributed by atoms with Gasteiger partial charge in [-0.15, -0.1) is 0 Å². The number of halogens is 3. The molecule has 8 heteroatoms. The molecule has 1 aromatic carbocycles. The number of anilines is 1. The SMILES string of the molecule is CN1C=C(C(=O)Nc2ccccc2CO)C(C(F)(F)F)N1. The first kappa shape index (κ1) is 15.3. The molecule has 1 aromatic rings. The van der Waals surface area contributed by atoms with Crippen molar-refractivity contribution < 1.29 is 23.1 Å². The van der Waals surface area contributed by atoms with E-state index < -0.39 is 23.7 Å². The molecule has 0 saturated carbocycles. The van der Waals surface area contributed by atoms with Crippen LogP contribution in [-0.4, -0.2) is 35.3 Å². The van der Waals surface area contributed by atoms with Crippen molar-refractivity contribution in [3.63, 3.8) is 0 Å².